The highest BCUT2D eigenvalue weighted by Crippen LogP contribution is 2.19. The van der Waals surface area contributed by atoms with Gasteiger partial charge in [-0.05, 0) is 38.4 Å². The summed E-state index contributed by atoms with van der Waals surface area (Å²) in [6, 6.07) is 1.33. The van der Waals surface area contributed by atoms with E-state index in [2.05, 4.69) is 44.3 Å². The van der Waals surface area contributed by atoms with Gasteiger partial charge in [0.05, 0.1) is 0 Å². The van der Waals surface area contributed by atoms with Gasteiger partial charge < -0.3 is 4.43 Å². The van der Waals surface area contributed by atoms with E-state index in [4.69, 9.17) is 4.43 Å². The van der Waals surface area contributed by atoms with Gasteiger partial charge in [0, 0.05) is 6.61 Å². The Hall–Kier alpha value is -0.343. The Balaban J connectivity index is 1.85. The largest absolute Gasteiger partial charge is 0.418 e. The maximum Gasteiger partial charge on any atom is 0.186 e. The fourth-order valence-electron chi connectivity index (χ4n) is 2.77. The van der Waals surface area contributed by atoms with Gasteiger partial charge in [-0.15, -0.1) is 0 Å². The molecule has 1 aliphatic carbocycles. The summed E-state index contributed by atoms with van der Waals surface area (Å²) in [4.78, 5) is 0. The summed E-state index contributed by atoms with van der Waals surface area (Å²) in [5.41, 5.74) is 0. The molecule has 1 nitrogen and oxygen atoms in total. The molecule has 0 aliphatic heterocycles. The third-order valence-electron chi connectivity index (χ3n) is 3.93. The standard InChI is InChI=1S/C17H32OSi/c1-4-18-19(2,3)16-12-8-6-5-7-9-13-17-14-10-11-15-17/h10-11,14-15,17H,4-9,12-13,16H2,1-3H3. The molecule has 0 atom stereocenters. The SMILES string of the molecule is CCO[Si](C)(C)CCCCCCCCC1C=CC=C1. The van der Waals surface area contributed by atoms with Crippen molar-refractivity contribution in [2.75, 3.05) is 6.61 Å². The van der Waals surface area contributed by atoms with Crippen molar-refractivity contribution in [2.45, 2.75) is 71.0 Å². The van der Waals surface area contributed by atoms with Crippen molar-refractivity contribution >= 4 is 8.32 Å². The highest BCUT2D eigenvalue weighted by Gasteiger charge is 2.20. The van der Waals surface area contributed by atoms with Crippen molar-refractivity contribution in [2.24, 2.45) is 5.92 Å². The molecule has 0 amide bonds. The summed E-state index contributed by atoms with van der Waals surface area (Å²) in [5, 5.41) is 0. The van der Waals surface area contributed by atoms with Crippen LogP contribution in [0.4, 0.5) is 0 Å². The maximum atomic E-state index is 5.86. The van der Waals surface area contributed by atoms with Crippen molar-refractivity contribution < 1.29 is 4.43 Å². The number of rotatable bonds is 11. The van der Waals surface area contributed by atoms with Crippen LogP contribution in [0.1, 0.15) is 51.9 Å². The molecule has 1 rings (SSSR count). The van der Waals surface area contributed by atoms with E-state index < -0.39 is 8.32 Å². The second-order valence-electron chi connectivity index (χ2n) is 6.29. The topological polar surface area (TPSA) is 9.23 Å². The minimum atomic E-state index is -1.31. The van der Waals surface area contributed by atoms with Crippen molar-refractivity contribution in [3.8, 4) is 0 Å². The highest BCUT2D eigenvalue weighted by molar-refractivity contribution is 6.71. The molecule has 0 bridgehead atoms. The van der Waals surface area contributed by atoms with E-state index in [-0.39, 0.29) is 0 Å². The van der Waals surface area contributed by atoms with Crippen LogP contribution in [0.3, 0.4) is 0 Å². The molecular weight excluding hydrogens is 248 g/mol. The number of hydrogen-bond donors (Lipinski definition) is 0. The van der Waals surface area contributed by atoms with Crippen LogP contribution in [0.15, 0.2) is 24.3 Å². The van der Waals surface area contributed by atoms with Crippen LogP contribution in [0.5, 0.6) is 0 Å². The van der Waals surface area contributed by atoms with Gasteiger partial charge in [0.25, 0.3) is 0 Å². The Bertz CT molecular complexity index is 269. The molecule has 0 saturated carbocycles. The van der Waals surface area contributed by atoms with Crippen LogP contribution < -0.4 is 0 Å². The zero-order valence-electron chi connectivity index (χ0n) is 13.2. The Morgan fingerprint density at radius 1 is 0.895 bits per heavy atom. The molecule has 0 fully saturated rings. The van der Waals surface area contributed by atoms with Crippen LogP contribution in [0, 0.1) is 5.92 Å². The van der Waals surface area contributed by atoms with E-state index in [1.165, 1.54) is 51.0 Å². The van der Waals surface area contributed by atoms with E-state index >= 15 is 0 Å². The van der Waals surface area contributed by atoms with Gasteiger partial charge in [0.1, 0.15) is 0 Å². The molecular formula is C17H32OSi. The molecule has 0 heterocycles. The zero-order valence-corrected chi connectivity index (χ0v) is 14.2. The predicted octanol–water partition coefficient (Wildman–Crippen LogP) is 5.70. The number of allylic oxidation sites excluding steroid dienone is 4. The van der Waals surface area contributed by atoms with Crippen molar-refractivity contribution in [1.29, 1.82) is 0 Å². The van der Waals surface area contributed by atoms with Crippen LogP contribution in [-0.2, 0) is 4.43 Å². The van der Waals surface area contributed by atoms with Crippen molar-refractivity contribution in [3.05, 3.63) is 24.3 Å². The number of unbranched alkanes of at least 4 members (excludes halogenated alkanes) is 5. The second-order valence-corrected chi connectivity index (χ2v) is 10.6. The predicted molar refractivity (Wildman–Crippen MR) is 88.0 cm³/mol. The normalized spacial score (nSPS) is 15.5. The summed E-state index contributed by atoms with van der Waals surface area (Å²) in [5.74, 6) is 0.734. The third-order valence-corrected chi connectivity index (χ3v) is 6.56. The molecule has 0 radical (unpaired) electrons. The minimum Gasteiger partial charge on any atom is -0.418 e. The van der Waals surface area contributed by atoms with Gasteiger partial charge in [-0.2, -0.15) is 0 Å². The molecule has 0 N–H and O–H groups in total. The van der Waals surface area contributed by atoms with Gasteiger partial charge >= 0.3 is 0 Å². The zero-order chi connectivity index (χ0) is 14.0. The monoisotopic (exact) mass is 280 g/mol. The van der Waals surface area contributed by atoms with Gasteiger partial charge in [0.2, 0.25) is 0 Å². The first-order chi connectivity index (χ1) is 9.14. The van der Waals surface area contributed by atoms with Crippen LogP contribution >= 0.6 is 0 Å². The molecule has 0 aromatic rings. The van der Waals surface area contributed by atoms with Gasteiger partial charge in [0.15, 0.2) is 8.32 Å². The van der Waals surface area contributed by atoms with Gasteiger partial charge in [-0.1, -0.05) is 62.8 Å². The summed E-state index contributed by atoms with van der Waals surface area (Å²) < 4.78 is 5.86. The number of hydrogen-bond acceptors (Lipinski definition) is 1. The Morgan fingerprint density at radius 3 is 2.11 bits per heavy atom. The molecule has 2 heteroatoms. The maximum absolute atomic E-state index is 5.86. The second kappa shape index (κ2) is 9.54. The lowest BCUT2D eigenvalue weighted by atomic mass is 10.0. The molecule has 0 aromatic carbocycles. The van der Waals surface area contributed by atoms with E-state index in [1.807, 2.05) is 0 Å². The summed E-state index contributed by atoms with van der Waals surface area (Å²) >= 11 is 0. The van der Waals surface area contributed by atoms with Crippen LogP contribution in [-0.4, -0.2) is 14.9 Å². The summed E-state index contributed by atoms with van der Waals surface area (Å²) in [6.45, 7) is 7.70. The summed E-state index contributed by atoms with van der Waals surface area (Å²) in [6.07, 6.45) is 18.7. The summed E-state index contributed by atoms with van der Waals surface area (Å²) in [7, 11) is -1.31. The molecule has 0 spiro atoms. The van der Waals surface area contributed by atoms with Crippen molar-refractivity contribution in [1.82, 2.24) is 0 Å². The fourth-order valence-corrected chi connectivity index (χ4v) is 4.80. The lowest BCUT2D eigenvalue weighted by molar-refractivity contribution is 0.327. The quantitative estimate of drug-likeness (QED) is 0.348. The first-order valence-corrected chi connectivity index (χ1v) is 11.2. The first-order valence-electron chi connectivity index (χ1n) is 8.13. The molecule has 19 heavy (non-hydrogen) atoms. The molecule has 0 unspecified atom stereocenters. The average molecular weight is 281 g/mol. The Morgan fingerprint density at radius 2 is 1.47 bits per heavy atom. The van der Waals surface area contributed by atoms with Crippen molar-refractivity contribution in [3.63, 3.8) is 0 Å². The molecule has 110 valence electrons. The fraction of sp³-hybridized carbons (Fsp3) is 0.765. The average Bonchev–Trinajstić information content (AvgIpc) is 2.85. The Kier molecular flexibility index (Phi) is 8.39. The smallest absolute Gasteiger partial charge is 0.186 e. The van der Waals surface area contributed by atoms with E-state index in [9.17, 15) is 0 Å². The Labute approximate surface area is 121 Å². The lowest BCUT2D eigenvalue weighted by Gasteiger charge is -2.21. The third kappa shape index (κ3) is 8.43. The van der Waals surface area contributed by atoms with Crippen LogP contribution in [0.25, 0.3) is 0 Å². The van der Waals surface area contributed by atoms with Crippen LogP contribution in [0.2, 0.25) is 19.1 Å². The van der Waals surface area contributed by atoms with E-state index in [0.29, 0.717) is 0 Å². The van der Waals surface area contributed by atoms with Gasteiger partial charge in [-0.25, -0.2) is 0 Å². The van der Waals surface area contributed by atoms with E-state index in [1.54, 1.807) is 0 Å². The highest BCUT2D eigenvalue weighted by atomic mass is 28.4. The molecule has 0 saturated heterocycles. The lowest BCUT2D eigenvalue weighted by Crippen LogP contribution is -2.29. The van der Waals surface area contributed by atoms with E-state index in [0.717, 1.165) is 12.5 Å². The minimum absolute atomic E-state index is 0.734. The first kappa shape index (κ1) is 16.7. The molecule has 0 aromatic heterocycles. The molecule has 1 aliphatic rings. The van der Waals surface area contributed by atoms with Gasteiger partial charge in [-0.3, -0.25) is 0 Å².